The first-order chi connectivity index (χ1) is 13.9. The number of furan rings is 1. The minimum atomic E-state index is -1.01. The lowest BCUT2D eigenvalue weighted by molar-refractivity contribution is -0.384. The molecule has 1 atom stereocenters. The van der Waals surface area contributed by atoms with Crippen molar-refractivity contribution in [2.75, 3.05) is 7.11 Å². The van der Waals surface area contributed by atoms with Gasteiger partial charge in [0.05, 0.1) is 12.0 Å². The minimum Gasteiger partial charge on any atom is -0.497 e. The van der Waals surface area contributed by atoms with Gasteiger partial charge in [-0.05, 0) is 55.5 Å². The number of carbonyl (C=O) groups is 2. The lowest BCUT2D eigenvalue weighted by atomic mass is 10.1. The van der Waals surface area contributed by atoms with Gasteiger partial charge >= 0.3 is 5.97 Å². The second-order valence-electron chi connectivity index (χ2n) is 6.11. The quantitative estimate of drug-likeness (QED) is 0.254. The lowest BCUT2D eigenvalue weighted by Gasteiger charge is -2.11. The van der Waals surface area contributed by atoms with Crippen LogP contribution in [0.1, 0.15) is 27.8 Å². The molecule has 3 rings (SSSR count). The number of carbonyl (C=O) groups excluding carboxylic acids is 2. The van der Waals surface area contributed by atoms with Crippen molar-refractivity contribution in [3.05, 3.63) is 82.1 Å². The molecule has 0 amide bonds. The third kappa shape index (κ3) is 4.49. The number of esters is 1. The minimum absolute atomic E-state index is 0.0502. The summed E-state index contributed by atoms with van der Waals surface area (Å²) in [6.07, 6.45) is -1.01. The van der Waals surface area contributed by atoms with Crippen LogP contribution < -0.4 is 4.74 Å². The van der Waals surface area contributed by atoms with Crippen LogP contribution in [0.3, 0.4) is 0 Å². The highest BCUT2D eigenvalue weighted by atomic mass is 16.6. The fourth-order valence-electron chi connectivity index (χ4n) is 2.61. The highest BCUT2D eigenvalue weighted by molar-refractivity contribution is 6.01. The van der Waals surface area contributed by atoms with Gasteiger partial charge in [-0.2, -0.15) is 0 Å². The molecule has 0 aliphatic rings. The number of non-ortho nitro benzene ring substituents is 1. The summed E-state index contributed by atoms with van der Waals surface area (Å²) in [5.74, 6) is -0.259. The lowest BCUT2D eigenvalue weighted by Crippen LogP contribution is -2.24. The molecule has 1 unspecified atom stereocenters. The first kappa shape index (κ1) is 19.8. The molecule has 3 aromatic rings. The first-order valence-electron chi connectivity index (χ1n) is 8.63. The molecule has 148 valence electrons. The van der Waals surface area contributed by atoms with Gasteiger partial charge in [0.15, 0.2) is 6.10 Å². The zero-order chi connectivity index (χ0) is 21.0. The van der Waals surface area contributed by atoms with E-state index in [0.717, 1.165) is 0 Å². The van der Waals surface area contributed by atoms with E-state index in [0.29, 0.717) is 22.6 Å². The summed E-state index contributed by atoms with van der Waals surface area (Å²) >= 11 is 0. The number of methoxy groups -OCH3 is 1. The van der Waals surface area contributed by atoms with Crippen LogP contribution in [0.5, 0.6) is 5.75 Å². The smallest absolute Gasteiger partial charge is 0.374 e. The van der Waals surface area contributed by atoms with E-state index >= 15 is 0 Å². The molecule has 29 heavy (non-hydrogen) atoms. The Morgan fingerprint density at radius 3 is 2.24 bits per heavy atom. The number of ether oxygens (including phenoxy) is 2. The molecule has 0 radical (unpaired) electrons. The maximum atomic E-state index is 12.4. The molecule has 1 heterocycles. The normalized spacial score (nSPS) is 11.5. The second kappa shape index (κ2) is 8.39. The number of hydrogen-bond acceptors (Lipinski definition) is 7. The molecule has 0 fully saturated rings. The Labute approximate surface area is 165 Å². The predicted octanol–water partition coefficient (Wildman–Crippen LogP) is 4.29. The summed E-state index contributed by atoms with van der Waals surface area (Å²) in [4.78, 5) is 34.9. The Kier molecular flexibility index (Phi) is 5.73. The Morgan fingerprint density at radius 2 is 1.66 bits per heavy atom. The average Bonchev–Trinajstić information content (AvgIpc) is 3.23. The van der Waals surface area contributed by atoms with Crippen LogP contribution >= 0.6 is 0 Å². The number of nitrogens with zero attached hydrogens (tertiary/aromatic N) is 1. The maximum absolute atomic E-state index is 12.4. The Bertz CT molecular complexity index is 1040. The van der Waals surface area contributed by atoms with Crippen LogP contribution in [0, 0.1) is 10.1 Å². The van der Waals surface area contributed by atoms with Crippen LogP contribution in [0.15, 0.2) is 65.1 Å². The molecule has 0 aliphatic heterocycles. The molecule has 1 aromatic heterocycles. The molecule has 0 saturated heterocycles. The Hall–Kier alpha value is -3.94. The van der Waals surface area contributed by atoms with Crippen molar-refractivity contribution in [1.29, 1.82) is 0 Å². The van der Waals surface area contributed by atoms with Gasteiger partial charge < -0.3 is 13.9 Å². The van der Waals surface area contributed by atoms with Gasteiger partial charge in [0.25, 0.3) is 5.69 Å². The average molecular weight is 395 g/mol. The van der Waals surface area contributed by atoms with E-state index in [1.54, 1.807) is 30.3 Å². The Balaban J connectivity index is 1.67. The molecule has 0 spiro atoms. The number of rotatable bonds is 7. The summed E-state index contributed by atoms with van der Waals surface area (Å²) in [6, 6.07) is 15.1. The highest BCUT2D eigenvalue weighted by Crippen LogP contribution is 2.25. The largest absolute Gasteiger partial charge is 0.497 e. The summed E-state index contributed by atoms with van der Waals surface area (Å²) in [5.41, 5.74) is 0.903. The van der Waals surface area contributed by atoms with Crippen molar-refractivity contribution < 1.29 is 28.4 Å². The van der Waals surface area contributed by atoms with E-state index in [-0.39, 0.29) is 17.2 Å². The number of nitro groups is 1. The fraction of sp³-hybridized carbons (Fsp3) is 0.143. The maximum Gasteiger partial charge on any atom is 0.374 e. The zero-order valence-corrected chi connectivity index (χ0v) is 15.7. The second-order valence-corrected chi connectivity index (χ2v) is 6.11. The summed E-state index contributed by atoms with van der Waals surface area (Å²) < 4.78 is 15.7. The van der Waals surface area contributed by atoms with Crippen LogP contribution in [-0.4, -0.2) is 29.9 Å². The van der Waals surface area contributed by atoms with Gasteiger partial charge in [0, 0.05) is 23.3 Å². The number of ketones is 1. The number of nitro benzene ring substituents is 1. The standard InChI is InChI=1S/C21H17NO7/c1-13(20(23)15-5-9-17(27-2)10-6-15)28-21(24)19-12-11-18(29-19)14-3-7-16(8-4-14)22(25)26/h3-13H,1-2H3. The van der Waals surface area contributed by atoms with E-state index in [2.05, 4.69) is 0 Å². The van der Waals surface area contributed by atoms with Crippen molar-refractivity contribution in [2.24, 2.45) is 0 Å². The fourth-order valence-corrected chi connectivity index (χ4v) is 2.61. The van der Waals surface area contributed by atoms with E-state index in [9.17, 15) is 19.7 Å². The zero-order valence-electron chi connectivity index (χ0n) is 15.7. The Morgan fingerprint density at radius 1 is 1.00 bits per heavy atom. The van der Waals surface area contributed by atoms with Gasteiger partial charge in [-0.25, -0.2) is 4.79 Å². The van der Waals surface area contributed by atoms with Crippen molar-refractivity contribution in [2.45, 2.75) is 13.0 Å². The van der Waals surface area contributed by atoms with Crippen molar-refractivity contribution >= 4 is 17.4 Å². The van der Waals surface area contributed by atoms with Crippen LogP contribution in [0.4, 0.5) is 5.69 Å². The summed E-state index contributed by atoms with van der Waals surface area (Å²) in [6.45, 7) is 1.48. The first-order valence-corrected chi connectivity index (χ1v) is 8.63. The predicted molar refractivity (Wildman–Crippen MR) is 103 cm³/mol. The van der Waals surface area contributed by atoms with Crippen molar-refractivity contribution in [3.63, 3.8) is 0 Å². The van der Waals surface area contributed by atoms with Gasteiger partial charge in [0.2, 0.25) is 11.5 Å². The van der Waals surface area contributed by atoms with Crippen LogP contribution in [0.25, 0.3) is 11.3 Å². The SMILES string of the molecule is COc1ccc(C(=O)C(C)OC(=O)c2ccc(-c3ccc([N+](=O)[O-])cc3)o2)cc1. The molecular weight excluding hydrogens is 378 g/mol. The van der Waals surface area contributed by atoms with E-state index in [4.69, 9.17) is 13.9 Å². The molecule has 2 aromatic carbocycles. The molecule has 0 bridgehead atoms. The molecule has 0 saturated carbocycles. The molecular formula is C21H17NO7. The summed E-state index contributed by atoms with van der Waals surface area (Å²) in [5, 5.41) is 10.7. The molecule has 8 nitrogen and oxygen atoms in total. The van der Waals surface area contributed by atoms with E-state index in [1.165, 1.54) is 44.4 Å². The van der Waals surface area contributed by atoms with Crippen LogP contribution in [0.2, 0.25) is 0 Å². The summed E-state index contributed by atoms with van der Waals surface area (Å²) in [7, 11) is 1.52. The van der Waals surface area contributed by atoms with Crippen LogP contribution in [-0.2, 0) is 4.74 Å². The van der Waals surface area contributed by atoms with E-state index < -0.39 is 17.0 Å². The van der Waals surface area contributed by atoms with Gasteiger partial charge in [0.1, 0.15) is 11.5 Å². The topological polar surface area (TPSA) is 109 Å². The van der Waals surface area contributed by atoms with Crippen molar-refractivity contribution in [1.82, 2.24) is 0 Å². The molecule has 8 heteroatoms. The number of Topliss-reactive ketones (excluding diaryl/α,β-unsaturated/α-hetero) is 1. The van der Waals surface area contributed by atoms with Gasteiger partial charge in [-0.15, -0.1) is 0 Å². The third-order valence-corrected chi connectivity index (χ3v) is 4.20. The molecule has 0 N–H and O–H groups in total. The number of hydrogen-bond donors (Lipinski definition) is 0. The number of benzene rings is 2. The monoisotopic (exact) mass is 395 g/mol. The van der Waals surface area contributed by atoms with E-state index in [1.807, 2.05) is 0 Å². The highest BCUT2D eigenvalue weighted by Gasteiger charge is 2.22. The van der Waals surface area contributed by atoms with Crippen molar-refractivity contribution in [3.8, 4) is 17.1 Å². The van der Waals surface area contributed by atoms with Gasteiger partial charge in [-0.3, -0.25) is 14.9 Å². The molecule has 0 aliphatic carbocycles. The van der Waals surface area contributed by atoms with Gasteiger partial charge in [-0.1, -0.05) is 0 Å². The third-order valence-electron chi connectivity index (χ3n) is 4.20.